The Morgan fingerprint density at radius 3 is 2.00 bits per heavy atom. The van der Waals surface area contributed by atoms with E-state index in [0.717, 1.165) is 44.5 Å². The molecule has 0 saturated heterocycles. The van der Waals surface area contributed by atoms with Crippen molar-refractivity contribution in [3.8, 4) is 5.75 Å². The Labute approximate surface area is 209 Å². The van der Waals surface area contributed by atoms with Crippen molar-refractivity contribution in [2.45, 2.75) is 39.5 Å². The molecule has 0 heterocycles. The topological polar surface area (TPSA) is 80.7 Å². The maximum Gasteiger partial charge on any atom is 1.00 e. The average molecular weight is 408 g/mol. The van der Waals surface area contributed by atoms with E-state index in [9.17, 15) is 19.8 Å². The fraction of sp³-hybridized carbons (Fsp3) is 0.364. The van der Waals surface area contributed by atoms with Gasteiger partial charge in [-0.15, -0.1) is 0 Å². The van der Waals surface area contributed by atoms with Crippen LogP contribution in [0.4, 0.5) is 5.69 Å². The molecule has 0 aliphatic carbocycles. The predicted molar refractivity (Wildman–Crippen MR) is 104 cm³/mol. The summed E-state index contributed by atoms with van der Waals surface area (Å²) in [7, 11) is 0. The number of aromatic carboxylic acids is 1. The van der Waals surface area contributed by atoms with Gasteiger partial charge in [0.05, 0.1) is 11.5 Å². The van der Waals surface area contributed by atoms with Crippen molar-refractivity contribution in [2.75, 3.05) is 18.0 Å². The third-order valence-corrected chi connectivity index (χ3v) is 4.55. The summed E-state index contributed by atoms with van der Waals surface area (Å²) in [6.45, 7) is 6.03. The minimum atomic E-state index is -1.42. The first-order chi connectivity index (χ1) is 13.0. The predicted octanol–water partition coefficient (Wildman–Crippen LogP) is 0.397. The van der Waals surface area contributed by atoms with Gasteiger partial charge in [0.25, 0.3) is 0 Å². The molecule has 0 radical (unpaired) electrons. The number of phenolic OH excluding ortho intramolecular Hbond substituents is 1. The van der Waals surface area contributed by atoms with Crippen LogP contribution in [0.5, 0.6) is 5.75 Å². The third kappa shape index (κ3) is 6.42. The zero-order chi connectivity index (χ0) is 19.8. The summed E-state index contributed by atoms with van der Waals surface area (Å²) in [6.07, 6.45) is 4.24. The van der Waals surface area contributed by atoms with Crippen molar-refractivity contribution >= 4 is 17.4 Å². The van der Waals surface area contributed by atoms with Crippen molar-refractivity contribution in [2.24, 2.45) is 0 Å². The number of ketones is 1. The molecule has 0 unspecified atom stereocenters. The Bertz CT molecular complexity index is 799. The van der Waals surface area contributed by atoms with E-state index in [1.807, 2.05) is 0 Å². The number of benzene rings is 2. The molecular formula is C22H26KNO4. The van der Waals surface area contributed by atoms with Crippen LogP contribution in [0.1, 0.15) is 65.8 Å². The molecular weight excluding hydrogens is 381 g/mol. The van der Waals surface area contributed by atoms with E-state index in [1.54, 1.807) is 24.3 Å². The van der Waals surface area contributed by atoms with Gasteiger partial charge in [-0.2, -0.15) is 0 Å². The van der Waals surface area contributed by atoms with E-state index >= 15 is 0 Å². The van der Waals surface area contributed by atoms with Crippen molar-refractivity contribution in [3.05, 3.63) is 59.2 Å². The van der Waals surface area contributed by atoms with Crippen LogP contribution in [0, 0.1) is 0 Å². The quantitative estimate of drug-likeness (QED) is 0.455. The van der Waals surface area contributed by atoms with Crippen molar-refractivity contribution < 1.29 is 71.2 Å². The summed E-state index contributed by atoms with van der Waals surface area (Å²) in [5, 5.41) is 21.7. The van der Waals surface area contributed by atoms with E-state index in [1.165, 1.54) is 18.2 Å². The number of hydrogen-bond donors (Lipinski definition) is 1. The van der Waals surface area contributed by atoms with Gasteiger partial charge in [-0.25, -0.2) is 0 Å². The standard InChI is InChI=1S/C22H27NO4.K/c1-3-5-13-23(14-6-4-2)16-11-12-19(20(24)15-16)21(25)17-9-7-8-10-18(17)22(26)27;/h7-12,15,24H,3-6,13-14H2,1-2H3,(H,26,27);/q;+1/p-1. The van der Waals surface area contributed by atoms with Gasteiger partial charge in [-0.3, -0.25) is 4.79 Å². The summed E-state index contributed by atoms with van der Waals surface area (Å²) in [6, 6.07) is 10.8. The Morgan fingerprint density at radius 1 is 0.929 bits per heavy atom. The van der Waals surface area contributed by atoms with Crippen molar-refractivity contribution in [1.29, 1.82) is 0 Å². The first-order valence-corrected chi connectivity index (χ1v) is 9.42. The number of carboxylic acid groups (broad SMARTS) is 1. The van der Waals surface area contributed by atoms with Gasteiger partial charge in [0.15, 0.2) is 5.78 Å². The van der Waals surface area contributed by atoms with Crippen molar-refractivity contribution in [3.63, 3.8) is 0 Å². The molecule has 0 aliphatic rings. The van der Waals surface area contributed by atoms with Crippen LogP contribution in [0.2, 0.25) is 0 Å². The van der Waals surface area contributed by atoms with E-state index in [-0.39, 0.29) is 73.8 Å². The first-order valence-electron chi connectivity index (χ1n) is 9.42. The molecule has 1 N–H and O–H groups in total. The second-order valence-electron chi connectivity index (χ2n) is 6.56. The van der Waals surface area contributed by atoms with Crippen LogP contribution in [-0.2, 0) is 0 Å². The molecule has 6 heteroatoms. The zero-order valence-electron chi connectivity index (χ0n) is 16.9. The van der Waals surface area contributed by atoms with Gasteiger partial charge < -0.3 is 19.9 Å². The number of carboxylic acids is 1. The minimum Gasteiger partial charge on any atom is -0.545 e. The fourth-order valence-corrected chi connectivity index (χ4v) is 2.98. The third-order valence-electron chi connectivity index (χ3n) is 4.55. The van der Waals surface area contributed by atoms with Gasteiger partial charge in [-0.05, 0) is 25.0 Å². The van der Waals surface area contributed by atoms with Crippen LogP contribution in [-0.4, -0.2) is 29.9 Å². The van der Waals surface area contributed by atoms with Gasteiger partial charge in [0.1, 0.15) is 5.75 Å². The number of carbonyl (C=O) groups excluding carboxylic acids is 2. The number of anilines is 1. The minimum absolute atomic E-state index is 0. The molecule has 2 rings (SSSR count). The maximum absolute atomic E-state index is 12.8. The molecule has 0 bridgehead atoms. The number of unbranched alkanes of at least 4 members (excludes halogenated alkanes) is 2. The molecule has 0 aliphatic heterocycles. The molecule has 0 spiro atoms. The Morgan fingerprint density at radius 2 is 1.50 bits per heavy atom. The molecule has 2 aromatic carbocycles. The van der Waals surface area contributed by atoms with E-state index in [4.69, 9.17) is 0 Å². The number of rotatable bonds is 10. The summed E-state index contributed by atoms with van der Waals surface area (Å²) in [4.78, 5) is 26.2. The van der Waals surface area contributed by atoms with E-state index in [2.05, 4.69) is 18.7 Å². The van der Waals surface area contributed by atoms with Gasteiger partial charge in [0.2, 0.25) is 0 Å². The van der Waals surface area contributed by atoms with Crippen LogP contribution in [0.15, 0.2) is 42.5 Å². The number of carbonyl (C=O) groups is 2. The number of phenols is 1. The summed E-state index contributed by atoms with van der Waals surface area (Å²) in [5.41, 5.74) is 0.769. The Balaban J connectivity index is 0.00000392. The fourth-order valence-electron chi connectivity index (χ4n) is 2.98. The van der Waals surface area contributed by atoms with Crippen molar-refractivity contribution in [1.82, 2.24) is 0 Å². The molecule has 0 saturated carbocycles. The second-order valence-corrected chi connectivity index (χ2v) is 6.56. The summed E-state index contributed by atoms with van der Waals surface area (Å²) in [5.74, 6) is -2.10. The van der Waals surface area contributed by atoms with Gasteiger partial charge >= 0.3 is 51.4 Å². The van der Waals surface area contributed by atoms with Crippen LogP contribution >= 0.6 is 0 Å². The smallest absolute Gasteiger partial charge is 0.545 e. The first kappa shape index (κ1) is 24.9. The number of aromatic hydroxyl groups is 1. The summed E-state index contributed by atoms with van der Waals surface area (Å²) >= 11 is 0. The Kier molecular flexibility index (Phi) is 11.0. The van der Waals surface area contributed by atoms with Crippen LogP contribution < -0.4 is 61.4 Å². The molecule has 28 heavy (non-hydrogen) atoms. The zero-order valence-corrected chi connectivity index (χ0v) is 20.0. The van der Waals surface area contributed by atoms with Crippen LogP contribution in [0.3, 0.4) is 0 Å². The SMILES string of the molecule is CCCCN(CCCC)c1ccc(C(=O)c2ccccc2C(=O)[O-])c(O)c1.[K+]. The number of nitrogens with zero attached hydrogens (tertiary/aromatic N) is 1. The number of hydrogen-bond acceptors (Lipinski definition) is 5. The second kappa shape index (κ2) is 12.4. The summed E-state index contributed by atoms with van der Waals surface area (Å²) < 4.78 is 0. The van der Waals surface area contributed by atoms with Crippen LogP contribution in [0.25, 0.3) is 0 Å². The largest absolute Gasteiger partial charge is 1.00 e. The average Bonchev–Trinajstić information content (AvgIpc) is 2.67. The monoisotopic (exact) mass is 407 g/mol. The normalized spacial score (nSPS) is 10.2. The van der Waals surface area contributed by atoms with Gasteiger partial charge in [0, 0.05) is 36.0 Å². The molecule has 0 fully saturated rings. The van der Waals surface area contributed by atoms with E-state index < -0.39 is 11.8 Å². The maximum atomic E-state index is 12.8. The molecule has 0 aromatic heterocycles. The Hall–Kier alpha value is -1.18. The molecule has 144 valence electrons. The molecule has 0 atom stereocenters. The molecule has 0 amide bonds. The molecule has 5 nitrogen and oxygen atoms in total. The molecule has 2 aromatic rings. The van der Waals surface area contributed by atoms with E-state index in [0.29, 0.717) is 0 Å². The van der Waals surface area contributed by atoms with Gasteiger partial charge in [-0.1, -0.05) is 51.0 Å².